The van der Waals surface area contributed by atoms with Crippen LogP contribution in [0.5, 0.6) is 0 Å². The summed E-state index contributed by atoms with van der Waals surface area (Å²) in [5.41, 5.74) is 2.14. The van der Waals surface area contributed by atoms with Crippen molar-refractivity contribution in [1.29, 1.82) is 0 Å². The first-order chi connectivity index (χ1) is 9.22. The first-order valence-electron chi connectivity index (χ1n) is 6.55. The number of benzene rings is 1. The molecule has 3 aliphatic rings. The molecular formula is C13H15BO5. The molecule has 1 aromatic carbocycles. The minimum Gasteiger partial charge on any atom is -0.399 e. The third kappa shape index (κ3) is 1.83. The van der Waals surface area contributed by atoms with Crippen LogP contribution in [0.15, 0.2) is 24.3 Å². The van der Waals surface area contributed by atoms with Crippen molar-refractivity contribution < 1.29 is 23.9 Å². The molecular weight excluding hydrogens is 247 g/mol. The van der Waals surface area contributed by atoms with Gasteiger partial charge in [-0.3, -0.25) is 0 Å². The molecule has 1 N–H and O–H groups in total. The van der Waals surface area contributed by atoms with E-state index in [9.17, 15) is 5.11 Å². The molecule has 4 rings (SSSR count). The average Bonchev–Trinajstić information content (AvgIpc) is 2.86. The van der Waals surface area contributed by atoms with Crippen molar-refractivity contribution in [2.45, 2.75) is 37.6 Å². The van der Waals surface area contributed by atoms with Crippen LogP contribution in [0.4, 0.5) is 0 Å². The first kappa shape index (κ1) is 11.9. The maximum Gasteiger partial charge on any atom is 0.494 e. The summed E-state index contributed by atoms with van der Waals surface area (Å²) in [4.78, 5) is 0. The standard InChI is InChI=1S/C13H15BO5/c1-7-2-4-8(5-3-7)14-18-11-9-6-16-13(17-9)12(19-14)10(11)15/h2-5,9-13,15H,6H2,1H3/t9-,10+,11?,12?,13-/m1/s1. The quantitative estimate of drug-likeness (QED) is 0.697. The third-order valence-electron chi connectivity index (χ3n) is 3.95. The van der Waals surface area contributed by atoms with E-state index in [2.05, 4.69) is 0 Å². The van der Waals surface area contributed by atoms with E-state index in [-0.39, 0.29) is 12.2 Å². The number of aliphatic hydroxyl groups is 1. The highest BCUT2D eigenvalue weighted by molar-refractivity contribution is 6.61. The summed E-state index contributed by atoms with van der Waals surface area (Å²) in [6.07, 6.45) is -2.23. The summed E-state index contributed by atoms with van der Waals surface area (Å²) in [5.74, 6) is 0. The van der Waals surface area contributed by atoms with Gasteiger partial charge < -0.3 is 23.9 Å². The van der Waals surface area contributed by atoms with Gasteiger partial charge >= 0.3 is 7.12 Å². The van der Waals surface area contributed by atoms with E-state index in [1.54, 1.807) is 0 Å². The van der Waals surface area contributed by atoms with Crippen molar-refractivity contribution in [3.05, 3.63) is 29.8 Å². The van der Waals surface area contributed by atoms with Crippen molar-refractivity contribution in [2.75, 3.05) is 6.61 Å². The van der Waals surface area contributed by atoms with E-state index in [4.69, 9.17) is 18.8 Å². The second-order valence-corrected chi connectivity index (χ2v) is 5.31. The number of aliphatic hydroxyl groups excluding tert-OH is 1. The van der Waals surface area contributed by atoms with Crippen LogP contribution < -0.4 is 5.46 Å². The molecule has 6 heteroatoms. The molecule has 4 bridgehead atoms. The molecule has 0 aliphatic carbocycles. The maximum atomic E-state index is 10.2. The Labute approximate surface area is 111 Å². The Balaban J connectivity index is 1.62. The monoisotopic (exact) mass is 262 g/mol. The van der Waals surface area contributed by atoms with Crippen LogP contribution in [-0.2, 0) is 18.8 Å². The molecule has 3 saturated heterocycles. The van der Waals surface area contributed by atoms with Crippen molar-refractivity contribution in [3.63, 3.8) is 0 Å². The van der Waals surface area contributed by atoms with Crippen molar-refractivity contribution in [3.8, 4) is 0 Å². The Morgan fingerprint density at radius 2 is 1.89 bits per heavy atom. The van der Waals surface area contributed by atoms with E-state index in [0.717, 1.165) is 5.46 Å². The van der Waals surface area contributed by atoms with Crippen LogP contribution in [0.3, 0.4) is 0 Å². The molecule has 0 spiro atoms. The molecule has 3 fully saturated rings. The highest BCUT2D eigenvalue weighted by Crippen LogP contribution is 2.35. The fourth-order valence-electron chi connectivity index (χ4n) is 2.86. The second-order valence-electron chi connectivity index (χ2n) is 5.31. The van der Waals surface area contributed by atoms with Crippen LogP contribution in [0, 0.1) is 6.92 Å². The van der Waals surface area contributed by atoms with Gasteiger partial charge in [-0.1, -0.05) is 29.8 Å². The van der Waals surface area contributed by atoms with Crippen molar-refractivity contribution >= 4 is 12.6 Å². The zero-order chi connectivity index (χ0) is 13.0. The topological polar surface area (TPSA) is 57.2 Å². The zero-order valence-electron chi connectivity index (χ0n) is 10.6. The van der Waals surface area contributed by atoms with Crippen LogP contribution in [0.2, 0.25) is 0 Å². The highest BCUT2D eigenvalue weighted by Gasteiger charge is 2.56. The zero-order valence-corrected chi connectivity index (χ0v) is 10.6. The van der Waals surface area contributed by atoms with Crippen LogP contribution in [0.25, 0.3) is 0 Å². The van der Waals surface area contributed by atoms with Gasteiger partial charge in [-0.15, -0.1) is 0 Å². The predicted octanol–water partition coefficient (Wildman–Crippen LogP) is -0.410. The van der Waals surface area contributed by atoms with Gasteiger partial charge in [-0.05, 0) is 12.4 Å². The summed E-state index contributed by atoms with van der Waals surface area (Å²) in [6, 6.07) is 8.00. The number of rotatable bonds is 1. The summed E-state index contributed by atoms with van der Waals surface area (Å²) >= 11 is 0. The van der Waals surface area contributed by atoms with Crippen LogP contribution in [-0.4, -0.2) is 49.5 Å². The van der Waals surface area contributed by atoms with Gasteiger partial charge in [0.05, 0.1) is 6.61 Å². The minimum atomic E-state index is -0.687. The molecule has 2 unspecified atom stereocenters. The molecule has 100 valence electrons. The van der Waals surface area contributed by atoms with Gasteiger partial charge in [-0.2, -0.15) is 0 Å². The lowest BCUT2D eigenvalue weighted by molar-refractivity contribution is -0.243. The number of hydrogen-bond donors (Lipinski definition) is 1. The molecule has 3 heterocycles. The summed E-state index contributed by atoms with van der Waals surface area (Å²) < 4.78 is 22.7. The number of ether oxygens (including phenoxy) is 2. The van der Waals surface area contributed by atoms with Gasteiger partial charge in [-0.25, -0.2) is 0 Å². The van der Waals surface area contributed by atoms with Gasteiger partial charge in [0.25, 0.3) is 0 Å². The lowest BCUT2D eigenvalue weighted by Gasteiger charge is -2.44. The maximum absolute atomic E-state index is 10.2. The summed E-state index contributed by atoms with van der Waals surface area (Å²) in [6.45, 7) is 2.49. The number of fused-ring (bicyclic) bond motifs is 6. The minimum absolute atomic E-state index is 0.201. The molecule has 5 atom stereocenters. The molecule has 0 saturated carbocycles. The molecule has 19 heavy (non-hydrogen) atoms. The number of aryl methyl sites for hydroxylation is 1. The van der Waals surface area contributed by atoms with Gasteiger partial charge in [0, 0.05) is 0 Å². The Kier molecular flexibility index (Phi) is 2.68. The fraction of sp³-hybridized carbons (Fsp3) is 0.538. The Morgan fingerprint density at radius 3 is 2.68 bits per heavy atom. The fourth-order valence-corrected chi connectivity index (χ4v) is 2.86. The smallest absolute Gasteiger partial charge is 0.399 e. The molecule has 3 aliphatic heterocycles. The highest BCUT2D eigenvalue weighted by atomic mass is 16.8. The summed E-state index contributed by atoms with van der Waals surface area (Å²) in [5, 5.41) is 10.2. The van der Waals surface area contributed by atoms with E-state index in [0.29, 0.717) is 6.61 Å². The molecule has 0 aromatic heterocycles. The van der Waals surface area contributed by atoms with E-state index in [1.807, 2.05) is 31.2 Å². The van der Waals surface area contributed by atoms with E-state index in [1.165, 1.54) is 5.56 Å². The Hall–Kier alpha value is -0.915. The first-order valence-corrected chi connectivity index (χ1v) is 6.55. The summed E-state index contributed by atoms with van der Waals surface area (Å²) in [7, 11) is -0.463. The lowest BCUT2D eigenvalue weighted by Crippen LogP contribution is -2.65. The van der Waals surface area contributed by atoms with Crippen LogP contribution in [0.1, 0.15) is 5.56 Å². The Bertz CT molecular complexity index is 458. The lowest BCUT2D eigenvalue weighted by atomic mass is 9.75. The van der Waals surface area contributed by atoms with Gasteiger partial charge in [0.2, 0.25) is 0 Å². The van der Waals surface area contributed by atoms with Gasteiger partial charge in [0.15, 0.2) is 6.29 Å². The van der Waals surface area contributed by atoms with Crippen LogP contribution >= 0.6 is 0 Å². The third-order valence-corrected chi connectivity index (χ3v) is 3.95. The van der Waals surface area contributed by atoms with Crippen molar-refractivity contribution in [1.82, 2.24) is 0 Å². The second kappa shape index (κ2) is 4.29. The largest absolute Gasteiger partial charge is 0.494 e. The van der Waals surface area contributed by atoms with E-state index >= 15 is 0 Å². The predicted molar refractivity (Wildman–Crippen MR) is 66.9 cm³/mol. The molecule has 0 radical (unpaired) electrons. The Morgan fingerprint density at radius 1 is 1.16 bits per heavy atom. The molecule has 0 amide bonds. The van der Waals surface area contributed by atoms with E-state index < -0.39 is 25.6 Å². The molecule has 1 aromatic rings. The normalized spacial score (nSPS) is 40.5. The van der Waals surface area contributed by atoms with Crippen molar-refractivity contribution in [2.24, 2.45) is 0 Å². The van der Waals surface area contributed by atoms with Gasteiger partial charge in [0.1, 0.15) is 24.4 Å². The number of hydrogen-bond acceptors (Lipinski definition) is 5. The average molecular weight is 262 g/mol. The molecule has 5 nitrogen and oxygen atoms in total. The SMILES string of the molecule is Cc1ccc(B2OC3[C@@H]4OC[C@@H](O4)C(O2)[C@@H]3O)cc1.